The van der Waals surface area contributed by atoms with Gasteiger partial charge in [0.1, 0.15) is 0 Å². The highest BCUT2D eigenvalue weighted by Crippen LogP contribution is 2.29. The zero-order chi connectivity index (χ0) is 10.3. The lowest BCUT2D eigenvalue weighted by Crippen LogP contribution is -2.29. The van der Waals surface area contributed by atoms with Crippen LogP contribution in [0.3, 0.4) is 0 Å². The summed E-state index contributed by atoms with van der Waals surface area (Å²) in [6, 6.07) is 1.95. The fraction of sp³-hybridized carbons (Fsp3) is 0.800. The van der Waals surface area contributed by atoms with Crippen molar-refractivity contribution in [3.63, 3.8) is 0 Å². The number of hydrogen-bond acceptors (Lipinski definition) is 2. The fourth-order valence-corrected chi connectivity index (χ4v) is 1.40. The van der Waals surface area contributed by atoms with E-state index in [4.69, 9.17) is 10.4 Å². The summed E-state index contributed by atoms with van der Waals surface area (Å²) in [6.45, 7) is 3.90. The quantitative estimate of drug-likeness (QED) is 0.688. The molecule has 0 aromatic carbocycles. The van der Waals surface area contributed by atoms with E-state index in [1.807, 2.05) is 19.9 Å². The van der Waals surface area contributed by atoms with Crippen molar-refractivity contribution in [3.8, 4) is 6.07 Å². The second kappa shape index (κ2) is 5.58. The van der Waals surface area contributed by atoms with Crippen LogP contribution >= 0.6 is 0 Å². The van der Waals surface area contributed by atoms with Gasteiger partial charge in [0.05, 0.1) is 6.07 Å². The van der Waals surface area contributed by atoms with Crippen LogP contribution in [0.15, 0.2) is 0 Å². The van der Waals surface area contributed by atoms with Crippen molar-refractivity contribution in [3.05, 3.63) is 0 Å². The van der Waals surface area contributed by atoms with E-state index >= 15 is 0 Å². The van der Waals surface area contributed by atoms with Crippen LogP contribution in [0.1, 0.15) is 46.0 Å². The molecule has 3 nitrogen and oxygen atoms in total. The molecule has 0 aliphatic heterocycles. The van der Waals surface area contributed by atoms with Gasteiger partial charge in [-0.05, 0) is 12.8 Å². The van der Waals surface area contributed by atoms with E-state index in [2.05, 4.69) is 0 Å². The number of rotatable bonds is 6. The first-order valence-corrected chi connectivity index (χ1v) is 4.77. The molecule has 0 saturated heterocycles. The van der Waals surface area contributed by atoms with Gasteiger partial charge in [0.25, 0.3) is 0 Å². The minimum Gasteiger partial charge on any atom is -0.480 e. The van der Waals surface area contributed by atoms with Gasteiger partial charge in [0.15, 0.2) is 5.41 Å². The fourth-order valence-electron chi connectivity index (χ4n) is 1.40. The summed E-state index contributed by atoms with van der Waals surface area (Å²) in [5.74, 6) is -0.967. The SMILES string of the molecule is CCCCC(C#N)(CCC)C(=O)O. The summed E-state index contributed by atoms with van der Waals surface area (Å²) >= 11 is 0. The van der Waals surface area contributed by atoms with Crippen molar-refractivity contribution in [2.45, 2.75) is 46.0 Å². The van der Waals surface area contributed by atoms with Crippen molar-refractivity contribution >= 4 is 5.97 Å². The van der Waals surface area contributed by atoms with Crippen molar-refractivity contribution in [1.29, 1.82) is 5.26 Å². The summed E-state index contributed by atoms with van der Waals surface area (Å²) in [7, 11) is 0. The minimum absolute atomic E-state index is 0.457. The molecule has 0 aliphatic carbocycles. The molecule has 13 heavy (non-hydrogen) atoms. The van der Waals surface area contributed by atoms with Crippen LogP contribution in [0.5, 0.6) is 0 Å². The maximum Gasteiger partial charge on any atom is 0.324 e. The molecule has 74 valence electrons. The first-order valence-electron chi connectivity index (χ1n) is 4.77. The Morgan fingerprint density at radius 3 is 2.31 bits per heavy atom. The lowest BCUT2D eigenvalue weighted by Gasteiger charge is -2.20. The number of carboxylic acid groups (broad SMARTS) is 1. The van der Waals surface area contributed by atoms with Crippen molar-refractivity contribution in [2.75, 3.05) is 0 Å². The van der Waals surface area contributed by atoms with E-state index in [0.717, 1.165) is 19.3 Å². The van der Waals surface area contributed by atoms with Gasteiger partial charge in [-0.3, -0.25) is 4.79 Å². The van der Waals surface area contributed by atoms with Gasteiger partial charge in [-0.15, -0.1) is 0 Å². The maximum absolute atomic E-state index is 10.9. The zero-order valence-corrected chi connectivity index (χ0v) is 8.34. The molecular formula is C10H17NO2. The summed E-state index contributed by atoms with van der Waals surface area (Å²) in [5.41, 5.74) is -1.13. The lowest BCUT2D eigenvalue weighted by atomic mass is 9.80. The molecule has 3 heteroatoms. The van der Waals surface area contributed by atoms with Gasteiger partial charge in [-0.2, -0.15) is 5.26 Å². The Labute approximate surface area is 79.4 Å². The molecule has 0 amide bonds. The van der Waals surface area contributed by atoms with E-state index < -0.39 is 11.4 Å². The zero-order valence-electron chi connectivity index (χ0n) is 8.34. The molecule has 0 bridgehead atoms. The van der Waals surface area contributed by atoms with Crippen LogP contribution < -0.4 is 0 Å². The van der Waals surface area contributed by atoms with Gasteiger partial charge in [-0.25, -0.2) is 0 Å². The van der Waals surface area contributed by atoms with E-state index in [-0.39, 0.29) is 0 Å². The van der Waals surface area contributed by atoms with Gasteiger partial charge in [-0.1, -0.05) is 33.1 Å². The Bertz CT molecular complexity index is 207. The second-order valence-electron chi connectivity index (χ2n) is 3.35. The number of hydrogen-bond donors (Lipinski definition) is 1. The standard InChI is InChI=1S/C10H17NO2/c1-3-5-7-10(8-11,6-4-2)9(12)13/h3-7H2,1-2H3,(H,12,13). The number of carboxylic acids is 1. The topological polar surface area (TPSA) is 61.1 Å². The molecule has 0 radical (unpaired) electrons. The monoisotopic (exact) mass is 183 g/mol. The first-order chi connectivity index (χ1) is 6.13. The first kappa shape index (κ1) is 12.0. The third-order valence-electron chi connectivity index (χ3n) is 2.26. The largest absolute Gasteiger partial charge is 0.480 e. The van der Waals surface area contributed by atoms with Crippen LogP contribution in [0.25, 0.3) is 0 Å². The summed E-state index contributed by atoms with van der Waals surface area (Å²) in [5, 5.41) is 17.8. The Kier molecular flexibility index (Phi) is 5.13. The van der Waals surface area contributed by atoms with E-state index in [9.17, 15) is 4.79 Å². The Morgan fingerprint density at radius 1 is 1.38 bits per heavy atom. The van der Waals surface area contributed by atoms with Crippen LogP contribution in [-0.2, 0) is 4.79 Å². The molecule has 0 aliphatic rings. The molecule has 1 unspecified atom stereocenters. The molecule has 0 fully saturated rings. The number of unbranched alkanes of at least 4 members (excludes halogenated alkanes) is 1. The molecule has 0 aromatic rings. The molecule has 0 heterocycles. The number of nitrogens with zero attached hydrogens (tertiary/aromatic N) is 1. The molecule has 0 rings (SSSR count). The number of nitriles is 1. The van der Waals surface area contributed by atoms with Crippen molar-refractivity contribution in [2.24, 2.45) is 5.41 Å². The van der Waals surface area contributed by atoms with E-state index in [1.165, 1.54) is 0 Å². The summed E-state index contributed by atoms with van der Waals surface area (Å²) < 4.78 is 0. The lowest BCUT2D eigenvalue weighted by molar-refractivity contribution is -0.146. The molecule has 1 N–H and O–H groups in total. The number of aliphatic carboxylic acids is 1. The molecule has 0 spiro atoms. The molecular weight excluding hydrogens is 166 g/mol. The Hall–Kier alpha value is -1.04. The average molecular weight is 183 g/mol. The third-order valence-corrected chi connectivity index (χ3v) is 2.26. The highest BCUT2D eigenvalue weighted by atomic mass is 16.4. The number of carbonyl (C=O) groups is 1. The minimum atomic E-state index is -1.13. The van der Waals surface area contributed by atoms with E-state index in [1.54, 1.807) is 0 Å². The summed E-state index contributed by atoms with van der Waals surface area (Å²) in [6.07, 6.45) is 3.41. The predicted octanol–water partition coefficient (Wildman–Crippen LogP) is 2.57. The van der Waals surface area contributed by atoms with Gasteiger partial charge >= 0.3 is 5.97 Å². The normalized spacial score (nSPS) is 14.5. The molecule has 0 saturated carbocycles. The molecule has 0 aromatic heterocycles. The highest BCUT2D eigenvalue weighted by Gasteiger charge is 2.36. The van der Waals surface area contributed by atoms with Crippen LogP contribution in [0, 0.1) is 16.7 Å². The third kappa shape index (κ3) is 3.06. The van der Waals surface area contributed by atoms with Gasteiger partial charge in [0.2, 0.25) is 0 Å². The van der Waals surface area contributed by atoms with Crippen LogP contribution in [0.2, 0.25) is 0 Å². The smallest absolute Gasteiger partial charge is 0.324 e. The van der Waals surface area contributed by atoms with Gasteiger partial charge < -0.3 is 5.11 Å². The molecule has 1 atom stereocenters. The van der Waals surface area contributed by atoms with Crippen LogP contribution in [-0.4, -0.2) is 11.1 Å². The van der Waals surface area contributed by atoms with Gasteiger partial charge in [0, 0.05) is 0 Å². The Morgan fingerprint density at radius 2 is 2.00 bits per heavy atom. The van der Waals surface area contributed by atoms with Crippen molar-refractivity contribution in [1.82, 2.24) is 0 Å². The van der Waals surface area contributed by atoms with Crippen LogP contribution in [0.4, 0.5) is 0 Å². The predicted molar refractivity (Wildman–Crippen MR) is 50.1 cm³/mol. The maximum atomic E-state index is 10.9. The van der Waals surface area contributed by atoms with E-state index in [0.29, 0.717) is 12.8 Å². The summed E-state index contributed by atoms with van der Waals surface area (Å²) in [4.78, 5) is 10.9. The highest BCUT2D eigenvalue weighted by molar-refractivity contribution is 5.77. The Balaban J connectivity index is 4.47. The second-order valence-corrected chi connectivity index (χ2v) is 3.35. The van der Waals surface area contributed by atoms with Crippen molar-refractivity contribution < 1.29 is 9.90 Å². The average Bonchev–Trinajstić information content (AvgIpc) is 2.12.